The van der Waals surface area contributed by atoms with Gasteiger partial charge in [-0.1, -0.05) is 30.3 Å². The first-order chi connectivity index (χ1) is 8.28. The van der Waals surface area contributed by atoms with Crippen molar-refractivity contribution in [3.63, 3.8) is 0 Å². The summed E-state index contributed by atoms with van der Waals surface area (Å²) in [5.41, 5.74) is 1.06. The lowest BCUT2D eigenvalue weighted by molar-refractivity contribution is 0.289. The molecule has 0 aliphatic carbocycles. The predicted octanol–water partition coefficient (Wildman–Crippen LogP) is 2.72. The zero-order valence-corrected chi connectivity index (χ0v) is 10.0. The lowest BCUT2D eigenvalue weighted by atomic mass is 10.2. The fourth-order valence-electron chi connectivity index (χ4n) is 1.29. The first-order valence-corrected chi connectivity index (χ1v) is 5.41. The van der Waals surface area contributed by atoms with Crippen LogP contribution in [0.3, 0.4) is 0 Å². The first kappa shape index (κ1) is 11.7. The van der Waals surface area contributed by atoms with E-state index in [2.05, 4.69) is 9.97 Å². The smallest absolute Gasteiger partial charge is 0.228 e. The molecule has 0 aliphatic heterocycles. The van der Waals surface area contributed by atoms with Crippen LogP contribution in [0.4, 0.5) is 0 Å². The van der Waals surface area contributed by atoms with Crippen LogP contribution >= 0.6 is 11.6 Å². The summed E-state index contributed by atoms with van der Waals surface area (Å²) in [4.78, 5) is 7.81. The minimum atomic E-state index is 0.104. The van der Waals surface area contributed by atoms with Crippen LogP contribution in [0, 0.1) is 0 Å². The Labute approximate surface area is 104 Å². The van der Waals surface area contributed by atoms with Crippen LogP contribution in [0.1, 0.15) is 5.56 Å². The van der Waals surface area contributed by atoms with E-state index in [-0.39, 0.29) is 5.28 Å². The summed E-state index contributed by atoms with van der Waals surface area (Å²) >= 11 is 5.73. The summed E-state index contributed by atoms with van der Waals surface area (Å²) in [7, 11) is 1.51. The molecular formula is C12H11ClN2O2. The minimum absolute atomic E-state index is 0.104. The van der Waals surface area contributed by atoms with Gasteiger partial charge in [-0.2, -0.15) is 9.97 Å². The molecule has 2 rings (SSSR count). The fraction of sp³-hybridized carbons (Fsp3) is 0.167. The summed E-state index contributed by atoms with van der Waals surface area (Å²) in [5.74, 6) is 0.777. The van der Waals surface area contributed by atoms with Gasteiger partial charge in [0.1, 0.15) is 6.61 Å². The number of hydrogen-bond donors (Lipinski definition) is 0. The number of halogens is 1. The number of nitrogens with zero attached hydrogens (tertiary/aromatic N) is 2. The van der Waals surface area contributed by atoms with Crippen molar-refractivity contribution < 1.29 is 9.47 Å². The van der Waals surface area contributed by atoms with E-state index >= 15 is 0 Å². The Hall–Kier alpha value is -1.81. The highest BCUT2D eigenvalue weighted by Crippen LogP contribution is 2.18. The van der Waals surface area contributed by atoms with Gasteiger partial charge < -0.3 is 9.47 Å². The van der Waals surface area contributed by atoms with Gasteiger partial charge in [0.25, 0.3) is 0 Å². The Morgan fingerprint density at radius 1 is 1.12 bits per heavy atom. The quantitative estimate of drug-likeness (QED) is 0.783. The van der Waals surface area contributed by atoms with E-state index in [9.17, 15) is 0 Å². The largest absolute Gasteiger partial charge is 0.481 e. The molecule has 0 N–H and O–H groups in total. The van der Waals surface area contributed by atoms with Crippen LogP contribution < -0.4 is 9.47 Å². The molecular weight excluding hydrogens is 240 g/mol. The summed E-state index contributed by atoms with van der Waals surface area (Å²) in [6.07, 6.45) is 0. The van der Waals surface area contributed by atoms with Crippen molar-refractivity contribution in [1.29, 1.82) is 0 Å². The molecule has 0 aliphatic rings. The van der Waals surface area contributed by atoms with Crippen molar-refractivity contribution >= 4 is 11.6 Å². The maximum Gasteiger partial charge on any atom is 0.228 e. The van der Waals surface area contributed by atoms with Crippen molar-refractivity contribution in [3.05, 3.63) is 47.2 Å². The molecule has 0 unspecified atom stereocenters. The number of ether oxygens (including phenoxy) is 2. The molecule has 0 spiro atoms. The zero-order chi connectivity index (χ0) is 12.1. The summed E-state index contributed by atoms with van der Waals surface area (Å²) in [6, 6.07) is 11.4. The summed E-state index contributed by atoms with van der Waals surface area (Å²) < 4.78 is 10.5. The van der Waals surface area contributed by atoms with Crippen molar-refractivity contribution in [2.45, 2.75) is 6.61 Å². The van der Waals surface area contributed by atoms with Gasteiger partial charge in [-0.15, -0.1) is 0 Å². The van der Waals surface area contributed by atoms with Crippen molar-refractivity contribution in [1.82, 2.24) is 9.97 Å². The third-order valence-electron chi connectivity index (χ3n) is 2.09. The minimum Gasteiger partial charge on any atom is -0.481 e. The van der Waals surface area contributed by atoms with Crippen molar-refractivity contribution in [2.24, 2.45) is 0 Å². The number of hydrogen-bond acceptors (Lipinski definition) is 4. The zero-order valence-electron chi connectivity index (χ0n) is 9.26. The third kappa shape index (κ3) is 3.32. The normalized spacial score (nSPS) is 10.0. The molecule has 0 fully saturated rings. The maximum absolute atomic E-state index is 5.73. The van der Waals surface area contributed by atoms with Crippen LogP contribution in [0.15, 0.2) is 36.4 Å². The molecule has 4 nitrogen and oxygen atoms in total. The van der Waals surface area contributed by atoms with Gasteiger partial charge in [0.15, 0.2) is 0 Å². The van der Waals surface area contributed by atoms with Gasteiger partial charge >= 0.3 is 0 Å². The molecule has 1 aromatic carbocycles. The number of rotatable bonds is 4. The van der Waals surface area contributed by atoms with Gasteiger partial charge in [-0.05, 0) is 17.2 Å². The molecule has 0 radical (unpaired) electrons. The van der Waals surface area contributed by atoms with Crippen molar-refractivity contribution in [3.8, 4) is 11.8 Å². The molecule has 1 aromatic heterocycles. The van der Waals surface area contributed by atoms with Crippen LogP contribution in [0.2, 0.25) is 5.28 Å². The fourth-order valence-corrected chi connectivity index (χ4v) is 1.45. The standard InChI is InChI=1S/C12H11ClN2O2/c1-16-10-7-11(15-12(13)14-10)17-8-9-5-3-2-4-6-9/h2-7H,8H2,1H3. The summed E-state index contributed by atoms with van der Waals surface area (Å²) in [5, 5.41) is 0.104. The highest BCUT2D eigenvalue weighted by molar-refractivity contribution is 6.28. The van der Waals surface area contributed by atoms with E-state index in [1.807, 2.05) is 30.3 Å². The van der Waals surface area contributed by atoms with E-state index in [1.54, 1.807) is 6.07 Å². The van der Waals surface area contributed by atoms with E-state index in [4.69, 9.17) is 21.1 Å². The third-order valence-corrected chi connectivity index (χ3v) is 2.26. The second-order valence-corrected chi connectivity index (χ2v) is 3.63. The van der Waals surface area contributed by atoms with Crippen LogP contribution in [0.5, 0.6) is 11.8 Å². The number of methoxy groups -OCH3 is 1. The summed E-state index contributed by atoms with van der Waals surface area (Å²) in [6.45, 7) is 0.428. The molecule has 1 heterocycles. The predicted molar refractivity (Wildman–Crippen MR) is 64.4 cm³/mol. The molecule has 2 aromatic rings. The Morgan fingerprint density at radius 2 is 1.82 bits per heavy atom. The van der Waals surface area contributed by atoms with E-state index < -0.39 is 0 Å². The van der Waals surface area contributed by atoms with Crippen LogP contribution in [0.25, 0.3) is 0 Å². The topological polar surface area (TPSA) is 44.2 Å². The molecule has 0 saturated heterocycles. The molecule has 5 heteroatoms. The second kappa shape index (κ2) is 5.50. The van der Waals surface area contributed by atoms with Gasteiger partial charge in [-0.3, -0.25) is 0 Å². The Bertz CT molecular complexity index is 491. The highest BCUT2D eigenvalue weighted by Gasteiger charge is 2.04. The molecule has 0 bridgehead atoms. The molecule has 17 heavy (non-hydrogen) atoms. The Morgan fingerprint density at radius 3 is 2.53 bits per heavy atom. The van der Waals surface area contributed by atoms with Gasteiger partial charge in [0.2, 0.25) is 17.0 Å². The number of aromatic nitrogens is 2. The van der Waals surface area contributed by atoms with E-state index in [0.717, 1.165) is 5.56 Å². The van der Waals surface area contributed by atoms with Crippen LogP contribution in [-0.2, 0) is 6.61 Å². The molecule has 0 amide bonds. The highest BCUT2D eigenvalue weighted by atomic mass is 35.5. The molecule has 0 atom stereocenters. The van der Waals surface area contributed by atoms with E-state index in [0.29, 0.717) is 18.4 Å². The lowest BCUT2D eigenvalue weighted by Crippen LogP contribution is -1.99. The Kier molecular flexibility index (Phi) is 3.77. The first-order valence-electron chi connectivity index (χ1n) is 5.03. The Balaban J connectivity index is 2.06. The average molecular weight is 251 g/mol. The van der Waals surface area contributed by atoms with E-state index in [1.165, 1.54) is 7.11 Å². The van der Waals surface area contributed by atoms with Gasteiger partial charge in [0, 0.05) is 0 Å². The van der Waals surface area contributed by atoms with Crippen molar-refractivity contribution in [2.75, 3.05) is 7.11 Å². The SMILES string of the molecule is COc1cc(OCc2ccccc2)nc(Cl)n1. The molecule has 0 saturated carbocycles. The number of benzene rings is 1. The molecule has 88 valence electrons. The van der Waals surface area contributed by atoms with Crippen LogP contribution in [-0.4, -0.2) is 17.1 Å². The maximum atomic E-state index is 5.73. The monoisotopic (exact) mass is 250 g/mol. The second-order valence-electron chi connectivity index (χ2n) is 3.29. The average Bonchev–Trinajstić information content (AvgIpc) is 2.37. The lowest BCUT2D eigenvalue weighted by Gasteiger charge is -2.06. The van der Waals surface area contributed by atoms with Gasteiger partial charge in [0.05, 0.1) is 13.2 Å². The van der Waals surface area contributed by atoms with Gasteiger partial charge in [-0.25, -0.2) is 0 Å².